The average Bonchev–Trinajstić information content (AvgIpc) is 2.35. The Morgan fingerprint density at radius 2 is 1.71 bits per heavy atom. The summed E-state index contributed by atoms with van der Waals surface area (Å²) in [6, 6.07) is 11.6. The second-order valence-electron chi connectivity index (χ2n) is 5.03. The number of hydrogen-bond acceptors (Lipinski definition) is 3. The Morgan fingerprint density at radius 1 is 1.12 bits per heavy atom. The van der Waals surface area contributed by atoms with E-state index in [1.807, 2.05) is 0 Å². The van der Waals surface area contributed by atoms with Gasteiger partial charge in [0.25, 0.3) is 0 Å². The fraction of sp³-hybridized carbons (Fsp3) is 0.571. The summed E-state index contributed by atoms with van der Waals surface area (Å²) < 4.78 is 0. The minimum absolute atomic E-state index is 0.174. The first-order chi connectivity index (χ1) is 8.20. The maximum atomic E-state index is 9.21. The summed E-state index contributed by atoms with van der Waals surface area (Å²) in [6.45, 7) is 7.56. The normalized spacial score (nSPS) is 27.2. The van der Waals surface area contributed by atoms with Crippen LogP contribution in [0, 0.1) is 0 Å². The Bertz CT molecular complexity index is 329. The second-order valence-corrected chi connectivity index (χ2v) is 5.03. The summed E-state index contributed by atoms with van der Waals surface area (Å²) >= 11 is 0. The van der Waals surface area contributed by atoms with Crippen molar-refractivity contribution in [2.45, 2.75) is 32.5 Å². The molecule has 2 rings (SSSR count). The van der Waals surface area contributed by atoms with Crippen molar-refractivity contribution in [3.63, 3.8) is 0 Å². The SMILES string of the molecule is C[C@@H]1CN(CO)C[C@H](C)N1Cc1ccccc1. The molecule has 1 aliphatic heterocycles. The number of piperazine rings is 1. The number of rotatable bonds is 3. The van der Waals surface area contributed by atoms with E-state index in [2.05, 4.69) is 54.0 Å². The molecule has 1 aliphatic rings. The maximum absolute atomic E-state index is 9.21. The summed E-state index contributed by atoms with van der Waals surface area (Å²) in [6.07, 6.45) is 0. The van der Waals surface area contributed by atoms with E-state index in [9.17, 15) is 5.11 Å². The predicted octanol–water partition coefficient (Wildman–Crippen LogP) is 1.53. The van der Waals surface area contributed by atoms with Gasteiger partial charge in [-0.3, -0.25) is 9.80 Å². The molecular formula is C14H22N2O. The van der Waals surface area contributed by atoms with E-state index < -0.39 is 0 Å². The van der Waals surface area contributed by atoms with Crippen molar-refractivity contribution in [3.05, 3.63) is 35.9 Å². The van der Waals surface area contributed by atoms with Gasteiger partial charge in [-0.05, 0) is 19.4 Å². The Kier molecular flexibility index (Phi) is 4.15. The summed E-state index contributed by atoms with van der Waals surface area (Å²) in [5.41, 5.74) is 1.36. The third-order valence-corrected chi connectivity index (χ3v) is 3.59. The van der Waals surface area contributed by atoms with Gasteiger partial charge in [0, 0.05) is 31.7 Å². The molecule has 0 aromatic heterocycles. The van der Waals surface area contributed by atoms with Crippen molar-refractivity contribution < 1.29 is 5.11 Å². The van der Waals surface area contributed by atoms with Crippen molar-refractivity contribution in [1.82, 2.24) is 9.80 Å². The highest BCUT2D eigenvalue weighted by atomic mass is 16.3. The number of hydrogen-bond donors (Lipinski definition) is 1. The molecule has 1 saturated heterocycles. The zero-order valence-electron chi connectivity index (χ0n) is 10.7. The fourth-order valence-corrected chi connectivity index (χ4v) is 2.69. The van der Waals surface area contributed by atoms with Gasteiger partial charge in [-0.1, -0.05) is 30.3 Å². The predicted molar refractivity (Wildman–Crippen MR) is 69.6 cm³/mol. The molecule has 1 N–H and O–H groups in total. The number of aliphatic hydroxyl groups is 1. The highest BCUT2D eigenvalue weighted by Crippen LogP contribution is 2.18. The number of aliphatic hydroxyl groups excluding tert-OH is 1. The van der Waals surface area contributed by atoms with Crippen LogP contribution in [-0.2, 0) is 6.54 Å². The number of nitrogens with zero attached hydrogens (tertiary/aromatic N) is 2. The topological polar surface area (TPSA) is 26.7 Å². The average molecular weight is 234 g/mol. The molecule has 3 nitrogen and oxygen atoms in total. The third-order valence-electron chi connectivity index (χ3n) is 3.59. The molecule has 1 aromatic rings. The van der Waals surface area contributed by atoms with E-state index in [0.717, 1.165) is 19.6 Å². The van der Waals surface area contributed by atoms with Crippen LogP contribution in [0.4, 0.5) is 0 Å². The van der Waals surface area contributed by atoms with Crippen LogP contribution < -0.4 is 0 Å². The number of benzene rings is 1. The van der Waals surface area contributed by atoms with Crippen molar-refractivity contribution in [2.75, 3.05) is 19.8 Å². The van der Waals surface area contributed by atoms with E-state index in [1.54, 1.807) is 0 Å². The largest absolute Gasteiger partial charge is 0.381 e. The Labute approximate surface area is 104 Å². The van der Waals surface area contributed by atoms with Gasteiger partial charge in [0.2, 0.25) is 0 Å². The summed E-state index contributed by atoms with van der Waals surface area (Å²) in [5.74, 6) is 0. The summed E-state index contributed by atoms with van der Waals surface area (Å²) in [5, 5.41) is 9.21. The smallest absolute Gasteiger partial charge is 0.0957 e. The lowest BCUT2D eigenvalue weighted by molar-refractivity contribution is -0.00848. The molecule has 0 amide bonds. The molecule has 2 atom stereocenters. The first-order valence-corrected chi connectivity index (χ1v) is 6.33. The lowest BCUT2D eigenvalue weighted by atomic mass is 10.1. The molecule has 0 spiro atoms. The van der Waals surface area contributed by atoms with E-state index >= 15 is 0 Å². The Balaban J connectivity index is 2.01. The molecule has 1 fully saturated rings. The molecule has 0 aliphatic carbocycles. The highest BCUT2D eigenvalue weighted by molar-refractivity contribution is 5.15. The first kappa shape index (κ1) is 12.6. The van der Waals surface area contributed by atoms with Gasteiger partial charge in [-0.25, -0.2) is 0 Å². The third kappa shape index (κ3) is 3.06. The zero-order chi connectivity index (χ0) is 12.3. The van der Waals surface area contributed by atoms with Gasteiger partial charge in [0.15, 0.2) is 0 Å². The first-order valence-electron chi connectivity index (χ1n) is 6.33. The van der Waals surface area contributed by atoms with Gasteiger partial charge in [0.1, 0.15) is 0 Å². The van der Waals surface area contributed by atoms with Crippen LogP contribution in [-0.4, -0.2) is 46.8 Å². The lowest BCUT2D eigenvalue weighted by Gasteiger charge is -2.43. The molecule has 94 valence electrons. The van der Waals surface area contributed by atoms with Crippen molar-refractivity contribution in [3.8, 4) is 0 Å². The summed E-state index contributed by atoms with van der Waals surface area (Å²) in [7, 11) is 0. The van der Waals surface area contributed by atoms with E-state index in [0.29, 0.717) is 12.1 Å². The van der Waals surface area contributed by atoms with Crippen LogP contribution in [0.25, 0.3) is 0 Å². The van der Waals surface area contributed by atoms with Crippen LogP contribution in [0.5, 0.6) is 0 Å². The van der Waals surface area contributed by atoms with Crippen LogP contribution in [0.2, 0.25) is 0 Å². The molecule has 17 heavy (non-hydrogen) atoms. The van der Waals surface area contributed by atoms with E-state index in [-0.39, 0.29) is 6.73 Å². The van der Waals surface area contributed by atoms with E-state index in [1.165, 1.54) is 5.56 Å². The molecule has 3 heteroatoms. The second kappa shape index (κ2) is 5.63. The molecule has 0 saturated carbocycles. The van der Waals surface area contributed by atoms with Crippen LogP contribution in [0.15, 0.2) is 30.3 Å². The van der Waals surface area contributed by atoms with Crippen molar-refractivity contribution in [2.24, 2.45) is 0 Å². The zero-order valence-corrected chi connectivity index (χ0v) is 10.7. The van der Waals surface area contributed by atoms with Gasteiger partial charge >= 0.3 is 0 Å². The Hall–Kier alpha value is -0.900. The molecule has 1 heterocycles. The standard InChI is InChI=1S/C14H22N2O/c1-12-8-15(11-17)9-13(2)16(12)10-14-6-4-3-5-7-14/h3-7,12-13,17H,8-11H2,1-2H3/t12-,13+. The van der Waals surface area contributed by atoms with E-state index in [4.69, 9.17) is 0 Å². The molecular weight excluding hydrogens is 212 g/mol. The highest BCUT2D eigenvalue weighted by Gasteiger charge is 2.28. The minimum atomic E-state index is 0.174. The molecule has 1 aromatic carbocycles. The molecule has 0 radical (unpaired) electrons. The maximum Gasteiger partial charge on any atom is 0.0957 e. The van der Waals surface area contributed by atoms with Crippen LogP contribution >= 0.6 is 0 Å². The van der Waals surface area contributed by atoms with Gasteiger partial charge in [0.05, 0.1) is 6.73 Å². The van der Waals surface area contributed by atoms with Gasteiger partial charge in [-0.15, -0.1) is 0 Å². The molecule has 0 unspecified atom stereocenters. The van der Waals surface area contributed by atoms with Gasteiger partial charge in [-0.2, -0.15) is 0 Å². The van der Waals surface area contributed by atoms with Crippen molar-refractivity contribution >= 4 is 0 Å². The lowest BCUT2D eigenvalue weighted by Crippen LogP contribution is -2.56. The van der Waals surface area contributed by atoms with Crippen molar-refractivity contribution in [1.29, 1.82) is 0 Å². The van der Waals surface area contributed by atoms with Gasteiger partial charge < -0.3 is 5.11 Å². The minimum Gasteiger partial charge on any atom is -0.381 e. The van der Waals surface area contributed by atoms with Crippen LogP contribution in [0.3, 0.4) is 0 Å². The summed E-state index contributed by atoms with van der Waals surface area (Å²) in [4.78, 5) is 4.62. The fourth-order valence-electron chi connectivity index (χ4n) is 2.69. The monoisotopic (exact) mass is 234 g/mol. The molecule has 0 bridgehead atoms. The Morgan fingerprint density at radius 3 is 2.24 bits per heavy atom. The quantitative estimate of drug-likeness (QED) is 0.859. The van der Waals surface area contributed by atoms with Crippen LogP contribution in [0.1, 0.15) is 19.4 Å².